The second-order valence-corrected chi connectivity index (χ2v) is 2.66. The SMILES string of the molecule is Cc1cc(NCCCF)ccn1. The number of nitrogens with one attached hydrogen (secondary N) is 1. The minimum atomic E-state index is -0.267. The summed E-state index contributed by atoms with van der Waals surface area (Å²) in [6.45, 7) is 2.34. The van der Waals surface area contributed by atoms with Crippen LogP contribution in [0.3, 0.4) is 0 Å². The van der Waals surface area contributed by atoms with Crippen LogP contribution in [-0.4, -0.2) is 18.2 Å². The third kappa shape index (κ3) is 2.86. The van der Waals surface area contributed by atoms with Crippen molar-refractivity contribution in [2.45, 2.75) is 13.3 Å². The molecule has 0 saturated carbocycles. The van der Waals surface area contributed by atoms with Gasteiger partial charge in [0, 0.05) is 24.1 Å². The Bertz CT molecular complexity index is 238. The Morgan fingerprint density at radius 2 is 2.42 bits per heavy atom. The monoisotopic (exact) mass is 168 g/mol. The predicted molar refractivity (Wildman–Crippen MR) is 48.1 cm³/mol. The second-order valence-electron chi connectivity index (χ2n) is 2.66. The van der Waals surface area contributed by atoms with Gasteiger partial charge in [0.25, 0.3) is 0 Å². The minimum Gasteiger partial charge on any atom is -0.385 e. The number of nitrogens with zero attached hydrogens (tertiary/aromatic N) is 1. The lowest BCUT2D eigenvalue weighted by molar-refractivity contribution is 0.481. The third-order valence-corrected chi connectivity index (χ3v) is 1.54. The molecule has 3 heteroatoms. The van der Waals surface area contributed by atoms with E-state index in [0.29, 0.717) is 13.0 Å². The zero-order valence-electron chi connectivity index (χ0n) is 7.18. The summed E-state index contributed by atoms with van der Waals surface area (Å²) < 4.78 is 11.7. The summed E-state index contributed by atoms with van der Waals surface area (Å²) in [6.07, 6.45) is 2.30. The standard InChI is InChI=1S/C9H13FN2/c1-8-7-9(3-6-11-8)12-5-2-4-10/h3,6-7H,2,4-5H2,1H3,(H,11,12). The molecule has 1 aromatic heterocycles. The number of aryl methyl sites for hydroxylation is 1. The van der Waals surface area contributed by atoms with Crippen molar-refractivity contribution in [1.82, 2.24) is 4.98 Å². The van der Waals surface area contributed by atoms with E-state index in [9.17, 15) is 4.39 Å². The lowest BCUT2D eigenvalue weighted by Gasteiger charge is -2.04. The van der Waals surface area contributed by atoms with Crippen molar-refractivity contribution >= 4 is 5.69 Å². The summed E-state index contributed by atoms with van der Waals surface area (Å²) >= 11 is 0. The third-order valence-electron chi connectivity index (χ3n) is 1.54. The van der Waals surface area contributed by atoms with E-state index in [1.54, 1.807) is 6.20 Å². The molecule has 2 nitrogen and oxygen atoms in total. The van der Waals surface area contributed by atoms with E-state index in [0.717, 1.165) is 11.4 Å². The Morgan fingerprint density at radius 3 is 3.08 bits per heavy atom. The molecule has 12 heavy (non-hydrogen) atoms. The maximum Gasteiger partial charge on any atom is 0.0911 e. The molecule has 0 unspecified atom stereocenters. The number of halogens is 1. The van der Waals surface area contributed by atoms with Gasteiger partial charge < -0.3 is 5.32 Å². The normalized spacial score (nSPS) is 9.83. The molecule has 1 N–H and O–H groups in total. The van der Waals surface area contributed by atoms with E-state index >= 15 is 0 Å². The van der Waals surface area contributed by atoms with Gasteiger partial charge in [-0.2, -0.15) is 0 Å². The summed E-state index contributed by atoms with van der Waals surface area (Å²) in [6, 6.07) is 3.82. The average Bonchev–Trinajstić information content (AvgIpc) is 2.05. The van der Waals surface area contributed by atoms with Crippen LogP contribution in [0, 0.1) is 6.92 Å². The zero-order chi connectivity index (χ0) is 8.81. The van der Waals surface area contributed by atoms with Crippen molar-refractivity contribution in [2.75, 3.05) is 18.5 Å². The summed E-state index contributed by atoms with van der Waals surface area (Å²) in [7, 11) is 0. The molecule has 1 heterocycles. The summed E-state index contributed by atoms with van der Waals surface area (Å²) in [5, 5.41) is 3.11. The lowest BCUT2D eigenvalue weighted by atomic mass is 10.3. The average molecular weight is 168 g/mol. The highest BCUT2D eigenvalue weighted by Gasteiger charge is 1.91. The van der Waals surface area contributed by atoms with Gasteiger partial charge in [0.1, 0.15) is 0 Å². The van der Waals surface area contributed by atoms with Crippen LogP contribution >= 0.6 is 0 Å². The van der Waals surface area contributed by atoms with Gasteiger partial charge in [-0.3, -0.25) is 9.37 Å². The summed E-state index contributed by atoms with van der Waals surface area (Å²) in [5.74, 6) is 0. The van der Waals surface area contributed by atoms with Crippen molar-refractivity contribution in [2.24, 2.45) is 0 Å². The number of pyridine rings is 1. The van der Waals surface area contributed by atoms with Crippen molar-refractivity contribution in [1.29, 1.82) is 0 Å². The van der Waals surface area contributed by atoms with Gasteiger partial charge in [-0.1, -0.05) is 0 Å². The molecule has 0 aliphatic carbocycles. The Hall–Kier alpha value is -1.12. The largest absolute Gasteiger partial charge is 0.385 e. The molecule has 0 atom stereocenters. The van der Waals surface area contributed by atoms with Crippen LogP contribution in [0.15, 0.2) is 18.3 Å². The highest BCUT2D eigenvalue weighted by molar-refractivity contribution is 5.42. The van der Waals surface area contributed by atoms with Crippen molar-refractivity contribution in [3.63, 3.8) is 0 Å². The Kier molecular flexibility index (Phi) is 3.51. The van der Waals surface area contributed by atoms with Crippen molar-refractivity contribution in [3.05, 3.63) is 24.0 Å². The van der Waals surface area contributed by atoms with Crippen LogP contribution < -0.4 is 5.32 Å². The number of aromatic nitrogens is 1. The fourth-order valence-electron chi connectivity index (χ4n) is 0.955. The molecule has 0 spiro atoms. The zero-order valence-corrected chi connectivity index (χ0v) is 7.18. The van der Waals surface area contributed by atoms with Crippen LogP contribution in [0.2, 0.25) is 0 Å². The van der Waals surface area contributed by atoms with Gasteiger partial charge in [-0.05, 0) is 25.5 Å². The first kappa shape index (κ1) is 8.97. The van der Waals surface area contributed by atoms with Crippen LogP contribution in [0.5, 0.6) is 0 Å². The smallest absolute Gasteiger partial charge is 0.0911 e. The molecule has 0 bridgehead atoms. The van der Waals surface area contributed by atoms with Crippen LogP contribution in [0.4, 0.5) is 10.1 Å². The van der Waals surface area contributed by atoms with E-state index in [2.05, 4.69) is 10.3 Å². The molecule has 0 aliphatic heterocycles. The molecule has 0 aliphatic rings. The van der Waals surface area contributed by atoms with Crippen LogP contribution in [0.1, 0.15) is 12.1 Å². The van der Waals surface area contributed by atoms with Gasteiger partial charge in [-0.15, -0.1) is 0 Å². The molecular weight excluding hydrogens is 155 g/mol. The Morgan fingerprint density at radius 1 is 1.58 bits per heavy atom. The fraction of sp³-hybridized carbons (Fsp3) is 0.444. The topological polar surface area (TPSA) is 24.9 Å². The van der Waals surface area contributed by atoms with E-state index < -0.39 is 0 Å². The number of rotatable bonds is 4. The summed E-state index contributed by atoms with van der Waals surface area (Å²) in [4.78, 5) is 4.05. The van der Waals surface area contributed by atoms with E-state index in [1.165, 1.54) is 0 Å². The first-order valence-electron chi connectivity index (χ1n) is 4.05. The predicted octanol–water partition coefficient (Wildman–Crippen LogP) is 2.16. The number of hydrogen-bond acceptors (Lipinski definition) is 2. The first-order chi connectivity index (χ1) is 5.83. The molecule has 0 aromatic carbocycles. The second kappa shape index (κ2) is 4.70. The number of alkyl halides is 1. The van der Waals surface area contributed by atoms with E-state index in [4.69, 9.17) is 0 Å². The van der Waals surface area contributed by atoms with Crippen LogP contribution in [0.25, 0.3) is 0 Å². The molecule has 0 amide bonds. The molecule has 0 saturated heterocycles. The highest BCUT2D eigenvalue weighted by atomic mass is 19.1. The maximum absolute atomic E-state index is 11.7. The maximum atomic E-state index is 11.7. The molecule has 1 aromatic rings. The van der Waals surface area contributed by atoms with E-state index in [-0.39, 0.29) is 6.67 Å². The van der Waals surface area contributed by atoms with Gasteiger partial charge in [0.15, 0.2) is 0 Å². The van der Waals surface area contributed by atoms with Gasteiger partial charge in [-0.25, -0.2) is 0 Å². The number of anilines is 1. The van der Waals surface area contributed by atoms with Crippen molar-refractivity contribution < 1.29 is 4.39 Å². The molecule has 1 rings (SSSR count). The van der Waals surface area contributed by atoms with Gasteiger partial charge in [0.05, 0.1) is 6.67 Å². The van der Waals surface area contributed by atoms with Gasteiger partial charge >= 0.3 is 0 Å². The molecule has 0 fully saturated rings. The van der Waals surface area contributed by atoms with Crippen molar-refractivity contribution in [3.8, 4) is 0 Å². The quantitative estimate of drug-likeness (QED) is 0.697. The first-order valence-corrected chi connectivity index (χ1v) is 4.05. The minimum absolute atomic E-state index is 0.267. The van der Waals surface area contributed by atoms with E-state index in [1.807, 2.05) is 19.1 Å². The van der Waals surface area contributed by atoms with Crippen LogP contribution in [-0.2, 0) is 0 Å². The lowest BCUT2D eigenvalue weighted by Crippen LogP contribution is -2.02. The highest BCUT2D eigenvalue weighted by Crippen LogP contribution is 2.06. The Balaban J connectivity index is 2.41. The van der Waals surface area contributed by atoms with Gasteiger partial charge in [0.2, 0.25) is 0 Å². The number of hydrogen-bond donors (Lipinski definition) is 1. The Labute approximate surface area is 71.8 Å². The molecule has 0 radical (unpaired) electrons. The fourth-order valence-corrected chi connectivity index (χ4v) is 0.955. The molecular formula is C9H13FN2. The molecule has 66 valence electrons. The summed E-state index contributed by atoms with van der Waals surface area (Å²) in [5.41, 5.74) is 1.98.